The molecule has 0 bridgehead atoms. The van der Waals surface area contributed by atoms with Crippen LogP contribution >= 0.6 is 12.4 Å². The van der Waals surface area contributed by atoms with Gasteiger partial charge < -0.3 is 10.2 Å². The van der Waals surface area contributed by atoms with E-state index in [0.29, 0.717) is 0 Å². The van der Waals surface area contributed by atoms with E-state index in [1.165, 1.54) is 0 Å². The zero-order valence-electron chi connectivity index (χ0n) is 5.69. The third-order valence-electron chi connectivity index (χ3n) is 0.349. The molecule has 0 aromatic heterocycles. The Morgan fingerprint density at radius 2 is 1.09 bits per heavy atom. The van der Waals surface area contributed by atoms with Gasteiger partial charge in [0.05, 0.1) is 0 Å². The molecule has 0 aliphatic rings. The summed E-state index contributed by atoms with van der Waals surface area (Å²) in [4.78, 5) is 18.5. The first-order valence-electron chi connectivity index (χ1n) is 2.25. The van der Waals surface area contributed by atoms with Crippen molar-refractivity contribution < 1.29 is 19.8 Å². The first kappa shape index (κ1) is 16.4. The highest BCUT2D eigenvalue weighted by Crippen LogP contribution is 1.55. The number of hydrogen-bond acceptors (Lipinski definition) is 2. The summed E-state index contributed by atoms with van der Waals surface area (Å²) in [6.45, 7) is 5.92. The Morgan fingerprint density at radius 1 is 1.00 bits per heavy atom. The molecule has 4 nitrogen and oxygen atoms in total. The van der Waals surface area contributed by atoms with Crippen LogP contribution in [0.5, 0.6) is 0 Å². The quantitative estimate of drug-likeness (QED) is 0.620. The minimum absolute atomic E-state index is 0. The van der Waals surface area contributed by atoms with Gasteiger partial charge in [0.25, 0.3) is 0 Å². The van der Waals surface area contributed by atoms with Crippen LogP contribution in [0.2, 0.25) is 0 Å². The molecule has 0 saturated heterocycles. The lowest BCUT2D eigenvalue weighted by Gasteiger charge is -1.64. The fourth-order valence-electron chi connectivity index (χ4n) is 0. The number of rotatable bonds is 2. The normalized spacial score (nSPS) is 5.82. The van der Waals surface area contributed by atoms with Crippen LogP contribution in [0.25, 0.3) is 0 Å². The Labute approximate surface area is 70.3 Å². The number of carbonyl (C=O) groups is 2. The molecule has 0 radical (unpaired) electrons. The van der Waals surface area contributed by atoms with E-state index in [1.54, 1.807) is 0 Å². The summed E-state index contributed by atoms with van der Waals surface area (Å²) in [5.41, 5.74) is 0. The lowest BCUT2D eigenvalue weighted by molar-refractivity contribution is -0.132. The van der Waals surface area contributed by atoms with Crippen molar-refractivity contribution in [3.63, 3.8) is 0 Å². The zero-order chi connectivity index (χ0) is 8.57. The molecule has 0 unspecified atom stereocenters. The fraction of sp³-hybridized carbons (Fsp3) is 0. The Bertz CT molecular complexity index is 135. The van der Waals surface area contributed by atoms with Crippen molar-refractivity contribution >= 4 is 24.3 Å². The molecule has 0 aliphatic carbocycles. The second-order valence-electron chi connectivity index (χ2n) is 1.08. The van der Waals surface area contributed by atoms with Gasteiger partial charge in [0, 0.05) is 12.2 Å². The van der Waals surface area contributed by atoms with E-state index in [9.17, 15) is 9.59 Å². The number of aliphatic carboxylic acids is 2. The first-order valence-corrected chi connectivity index (χ1v) is 2.25. The Kier molecular flexibility index (Phi) is 17.1. The predicted molar refractivity (Wildman–Crippen MR) is 42.9 cm³/mol. The van der Waals surface area contributed by atoms with Crippen molar-refractivity contribution in [2.75, 3.05) is 0 Å². The van der Waals surface area contributed by atoms with Crippen molar-refractivity contribution in [2.24, 2.45) is 0 Å². The van der Waals surface area contributed by atoms with Crippen molar-refractivity contribution in [2.45, 2.75) is 0 Å². The van der Waals surface area contributed by atoms with E-state index < -0.39 is 11.9 Å². The van der Waals surface area contributed by atoms with Gasteiger partial charge in [0.1, 0.15) is 0 Å². The van der Waals surface area contributed by atoms with Crippen molar-refractivity contribution in [1.29, 1.82) is 0 Å². The van der Waals surface area contributed by atoms with E-state index in [-0.39, 0.29) is 12.4 Å². The SMILES string of the molecule is C=CC(=O)O.C=CC(=O)O.Cl. The van der Waals surface area contributed by atoms with Gasteiger partial charge in [-0.1, -0.05) is 13.2 Å². The summed E-state index contributed by atoms with van der Waals surface area (Å²) < 4.78 is 0. The fourth-order valence-corrected chi connectivity index (χ4v) is 0. The van der Waals surface area contributed by atoms with E-state index in [2.05, 4.69) is 13.2 Å². The summed E-state index contributed by atoms with van der Waals surface area (Å²) in [6.07, 6.45) is 1.67. The van der Waals surface area contributed by atoms with Gasteiger partial charge >= 0.3 is 11.9 Å². The van der Waals surface area contributed by atoms with Crippen LogP contribution in [-0.4, -0.2) is 22.2 Å². The molecular weight excluding hydrogens is 172 g/mol. The molecule has 0 aromatic rings. The zero-order valence-corrected chi connectivity index (χ0v) is 6.50. The lowest BCUT2D eigenvalue weighted by Crippen LogP contribution is -1.82. The highest BCUT2D eigenvalue weighted by atomic mass is 35.5. The average molecular weight is 181 g/mol. The molecule has 5 heteroatoms. The van der Waals surface area contributed by atoms with Gasteiger partial charge in [-0.2, -0.15) is 0 Å². The molecular formula is C6H9ClO4. The topological polar surface area (TPSA) is 74.6 Å². The van der Waals surface area contributed by atoms with Crippen LogP contribution in [0.1, 0.15) is 0 Å². The van der Waals surface area contributed by atoms with Crippen molar-refractivity contribution in [3.8, 4) is 0 Å². The third kappa shape index (κ3) is 53.4. The molecule has 0 aliphatic heterocycles. The van der Waals surface area contributed by atoms with E-state index in [1.807, 2.05) is 0 Å². The van der Waals surface area contributed by atoms with Crippen LogP contribution in [0.15, 0.2) is 25.3 Å². The van der Waals surface area contributed by atoms with Gasteiger partial charge in [-0.05, 0) is 0 Å². The molecule has 64 valence electrons. The first-order chi connectivity index (χ1) is 4.54. The number of halogens is 1. The monoisotopic (exact) mass is 180 g/mol. The van der Waals surface area contributed by atoms with Crippen LogP contribution in [0.3, 0.4) is 0 Å². The Balaban J connectivity index is -0.000000107. The molecule has 0 rings (SSSR count). The van der Waals surface area contributed by atoms with Crippen molar-refractivity contribution in [3.05, 3.63) is 25.3 Å². The van der Waals surface area contributed by atoms with Crippen molar-refractivity contribution in [1.82, 2.24) is 0 Å². The largest absolute Gasteiger partial charge is 0.478 e. The summed E-state index contributed by atoms with van der Waals surface area (Å²) in [7, 11) is 0. The van der Waals surface area contributed by atoms with Crippen LogP contribution in [-0.2, 0) is 9.59 Å². The lowest BCUT2D eigenvalue weighted by atomic mass is 10.7. The maximum absolute atomic E-state index is 9.25. The van der Waals surface area contributed by atoms with Gasteiger partial charge in [0.2, 0.25) is 0 Å². The highest BCUT2D eigenvalue weighted by Gasteiger charge is 1.73. The van der Waals surface area contributed by atoms with Crippen LogP contribution in [0.4, 0.5) is 0 Å². The summed E-state index contributed by atoms with van der Waals surface area (Å²) in [5, 5.41) is 15.2. The molecule has 2 N–H and O–H groups in total. The molecule has 0 atom stereocenters. The minimum atomic E-state index is -0.981. The molecule has 0 amide bonds. The molecule has 0 aromatic carbocycles. The smallest absolute Gasteiger partial charge is 0.327 e. The third-order valence-corrected chi connectivity index (χ3v) is 0.349. The van der Waals surface area contributed by atoms with Gasteiger partial charge in [-0.15, -0.1) is 12.4 Å². The maximum atomic E-state index is 9.25. The molecule has 11 heavy (non-hydrogen) atoms. The second kappa shape index (κ2) is 11.5. The average Bonchev–Trinajstić information content (AvgIpc) is 1.89. The second-order valence-corrected chi connectivity index (χ2v) is 1.08. The number of hydrogen-bond donors (Lipinski definition) is 2. The molecule has 0 fully saturated rings. The minimum Gasteiger partial charge on any atom is -0.478 e. The summed E-state index contributed by atoms with van der Waals surface area (Å²) in [5.74, 6) is -1.96. The van der Waals surface area contributed by atoms with E-state index in [0.717, 1.165) is 12.2 Å². The number of carboxylic acid groups (broad SMARTS) is 2. The van der Waals surface area contributed by atoms with E-state index >= 15 is 0 Å². The van der Waals surface area contributed by atoms with E-state index in [4.69, 9.17) is 10.2 Å². The predicted octanol–water partition coefficient (Wildman–Crippen LogP) is 0.936. The summed E-state index contributed by atoms with van der Waals surface area (Å²) >= 11 is 0. The Morgan fingerprint density at radius 3 is 1.09 bits per heavy atom. The number of carboxylic acids is 2. The standard InChI is InChI=1S/2C3H4O2.ClH/c2*1-2-3(4)5;/h2*2H,1H2,(H,4,5);1H. The molecule has 0 spiro atoms. The Hall–Kier alpha value is -1.29. The van der Waals surface area contributed by atoms with Gasteiger partial charge in [-0.3, -0.25) is 0 Å². The van der Waals surface area contributed by atoms with Gasteiger partial charge in [0.15, 0.2) is 0 Å². The maximum Gasteiger partial charge on any atom is 0.327 e. The molecule has 0 heterocycles. The summed E-state index contributed by atoms with van der Waals surface area (Å²) in [6, 6.07) is 0. The molecule has 0 saturated carbocycles. The van der Waals surface area contributed by atoms with Crippen LogP contribution in [0, 0.1) is 0 Å². The highest BCUT2D eigenvalue weighted by molar-refractivity contribution is 5.85. The van der Waals surface area contributed by atoms with Crippen LogP contribution < -0.4 is 0 Å². The van der Waals surface area contributed by atoms with Gasteiger partial charge in [-0.25, -0.2) is 9.59 Å².